The van der Waals surface area contributed by atoms with Crippen LogP contribution in [0.4, 0.5) is 0 Å². The van der Waals surface area contributed by atoms with Crippen molar-refractivity contribution in [2.24, 2.45) is 0 Å². The summed E-state index contributed by atoms with van der Waals surface area (Å²) in [6.45, 7) is 5.67. The molecule has 0 spiro atoms. The van der Waals surface area contributed by atoms with Crippen molar-refractivity contribution in [1.82, 2.24) is 0 Å². The number of hydrogen-bond acceptors (Lipinski definition) is 2. The van der Waals surface area contributed by atoms with Gasteiger partial charge in [0.25, 0.3) is 0 Å². The van der Waals surface area contributed by atoms with Crippen LogP contribution in [0.2, 0.25) is 0 Å². The molecule has 0 unspecified atom stereocenters. The van der Waals surface area contributed by atoms with Crippen LogP contribution in [0.25, 0.3) is 0 Å². The van der Waals surface area contributed by atoms with E-state index in [2.05, 4.69) is 26.0 Å². The molecule has 2 rings (SSSR count). The van der Waals surface area contributed by atoms with Crippen LogP contribution in [0.5, 0.6) is 11.5 Å². The topological polar surface area (TPSA) is 18.5 Å². The minimum absolute atomic E-state index is 0.538. The molecule has 1 heterocycles. The van der Waals surface area contributed by atoms with Crippen molar-refractivity contribution in [3.63, 3.8) is 0 Å². The van der Waals surface area contributed by atoms with Gasteiger partial charge in [0, 0.05) is 2.97 Å². The third-order valence-electron chi connectivity index (χ3n) is 2.23. The van der Waals surface area contributed by atoms with Gasteiger partial charge in [-0.3, -0.25) is 0 Å². The van der Waals surface area contributed by atoms with E-state index in [4.69, 9.17) is 12.4 Å². The summed E-state index contributed by atoms with van der Waals surface area (Å²) in [6, 6.07) is 6.15. The van der Waals surface area contributed by atoms with Crippen LogP contribution in [0.15, 0.2) is 18.2 Å². The molecule has 0 bridgehead atoms. The highest BCUT2D eigenvalue weighted by molar-refractivity contribution is 5.44. The SMILES string of the molecule is CC(C)c1ccc2c(c1)OCCO2.[2H][2H]. The van der Waals surface area contributed by atoms with Gasteiger partial charge in [-0.15, -0.1) is 0 Å². The predicted octanol–water partition coefficient (Wildman–Crippen LogP) is 2.83. The summed E-state index contributed by atoms with van der Waals surface area (Å²) in [7, 11) is 0. The molecule has 72 valence electrons. The Hall–Kier alpha value is -1.18. The molecule has 1 aromatic rings. The van der Waals surface area contributed by atoms with E-state index in [-0.39, 0.29) is 0 Å². The molecule has 2 nitrogen and oxygen atoms in total. The largest absolute Gasteiger partial charge is 0.486 e. The molecule has 0 atom stereocenters. The van der Waals surface area contributed by atoms with Crippen molar-refractivity contribution < 1.29 is 12.4 Å². The molecule has 0 aromatic heterocycles. The van der Waals surface area contributed by atoms with Crippen LogP contribution in [-0.4, -0.2) is 13.2 Å². The highest BCUT2D eigenvalue weighted by Gasteiger charge is 2.12. The maximum absolute atomic E-state index is 5.49. The Bertz CT molecular complexity index is 313. The van der Waals surface area contributed by atoms with Crippen LogP contribution in [-0.2, 0) is 0 Å². The van der Waals surface area contributed by atoms with Crippen LogP contribution in [0.3, 0.4) is 0 Å². The monoisotopic (exact) mass is 182 g/mol. The molecule has 1 aliphatic rings. The minimum atomic E-state index is 0.538. The summed E-state index contributed by atoms with van der Waals surface area (Å²) < 4.78 is 20.9. The van der Waals surface area contributed by atoms with Crippen molar-refractivity contribution in [2.75, 3.05) is 13.2 Å². The number of hydrogen-bond donors (Lipinski definition) is 0. The first kappa shape index (κ1) is 7.25. The maximum Gasteiger partial charge on any atom is 0.161 e. The molecule has 13 heavy (non-hydrogen) atoms. The van der Waals surface area contributed by atoms with E-state index >= 15 is 0 Å². The molecule has 0 saturated heterocycles. The third-order valence-corrected chi connectivity index (χ3v) is 2.23. The van der Waals surface area contributed by atoms with Crippen LogP contribution in [0, 0.1) is 0 Å². The average Bonchev–Trinajstić information content (AvgIpc) is 2.31. The van der Waals surface area contributed by atoms with Gasteiger partial charge in [0.15, 0.2) is 11.5 Å². The second kappa shape index (κ2) is 3.29. The first-order valence-corrected chi connectivity index (χ1v) is 4.67. The van der Waals surface area contributed by atoms with Crippen molar-refractivity contribution in [3.8, 4) is 11.5 Å². The molecular formula is C11H16O2. The van der Waals surface area contributed by atoms with Crippen molar-refractivity contribution in [3.05, 3.63) is 23.8 Å². The smallest absolute Gasteiger partial charge is 0.161 e. The van der Waals surface area contributed by atoms with E-state index in [0.717, 1.165) is 11.5 Å². The maximum atomic E-state index is 5.49. The predicted molar refractivity (Wildman–Crippen MR) is 53.6 cm³/mol. The Labute approximate surface area is 81.6 Å². The molecule has 0 amide bonds. The fraction of sp³-hybridized carbons (Fsp3) is 0.455. The molecule has 0 radical (unpaired) electrons. The van der Waals surface area contributed by atoms with Gasteiger partial charge in [0.1, 0.15) is 13.2 Å². The van der Waals surface area contributed by atoms with Gasteiger partial charge in [-0.1, -0.05) is 19.9 Å². The first-order chi connectivity index (χ1) is 7.27. The second-order valence-corrected chi connectivity index (χ2v) is 3.56. The molecular weight excluding hydrogens is 164 g/mol. The quantitative estimate of drug-likeness (QED) is 0.665. The summed E-state index contributed by atoms with van der Waals surface area (Å²) in [4.78, 5) is 0. The Balaban J connectivity index is 0.000000531. The summed E-state index contributed by atoms with van der Waals surface area (Å²) in [5.41, 5.74) is 1.30. The van der Waals surface area contributed by atoms with Crippen LogP contribution < -0.4 is 9.47 Å². The first-order valence-electron chi connectivity index (χ1n) is 5.67. The van der Waals surface area contributed by atoms with Gasteiger partial charge in [-0.05, 0) is 23.6 Å². The van der Waals surface area contributed by atoms with E-state index in [1.54, 1.807) is 0 Å². The van der Waals surface area contributed by atoms with Gasteiger partial charge < -0.3 is 9.47 Å². The lowest BCUT2D eigenvalue weighted by Crippen LogP contribution is -2.15. The van der Waals surface area contributed by atoms with Gasteiger partial charge in [0.05, 0.1) is 0 Å². The number of benzene rings is 1. The van der Waals surface area contributed by atoms with Gasteiger partial charge >= 0.3 is 0 Å². The zero-order chi connectivity index (χ0) is 11.3. The highest BCUT2D eigenvalue weighted by atomic mass is 16.6. The molecule has 0 fully saturated rings. The molecule has 0 aliphatic carbocycles. The van der Waals surface area contributed by atoms with Crippen molar-refractivity contribution >= 4 is 0 Å². The number of ether oxygens (including phenoxy) is 2. The van der Waals surface area contributed by atoms with E-state index < -0.39 is 0 Å². The fourth-order valence-corrected chi connectivity index (χ4v) is 1.42. The zero-order valence-corrected chi connectivity index (χ0v) is 8.04. The lowest BCUT2D eigenvalue weighted by atomic mass is 10.0. The second-order valence-electron chi connectivity index (χ2n) is 3.56. The van der Waals surface area contributed by atoms with Gasteiger partial charge in [-0.2, -0.15) is 0 Å². The molecule has 0 N–H and O–H groups in total. The van der Waals surface area contributed by atoms with E-state index in [1.165, 1.54) is 5.56 Å². The van der Waals surface area contributed by atoms with Crippen molar-refractivity contribution in [2.45, 2.75) is 19.8 Å². The van der Waals surface area contributed by atoms with Gasteiger partial charge in [-0.25, -0.2) is 0 Å². The number of rotatable bonds is 1. The van der Waals surface area contributed by atoms with E-state index in [9.17, 15) is 0 Å². The lowest BCUT2D eigenvalue weighted by Gasteiger charge is -2.19. The highest BCUT2D eigenvalue weighted by Crippen LogP contribution is 2.32. The Kier molecular flexibility index (Phi) is 1.83. The van der Waals surface area contributed by atoms with E-state index in [0.29, 0.717) is 19.1 Å². The average molecular weight is 182 g/mol. The molecule has 2 heteroatoms. The van der Waals surface area contributed by atoms with E-state index in [1.807, 2.05) is 6.07 Å². The zero-order valence-electron chi connectivity index (χ0n) is 10.0. The summed E-state index contributed by atoms with van der Waals surface area (Å²) in [6.07, 6.45) is 0. The Morgan fingerprint density at radius 1 is 1.23 bits per heavy atom. The summed E-state index contributed by atoms with van der Waals surface area (Å²) >= 11 is 0. The van der Waals surface area contributed by atoms with Crippen LogP contribution >= 0.6 is 0 Å². The molecule has 1 aromatic carbocycles. The molecule has 1 aliphatic heterocycles. The lowest BCUT2D eigenvalue weighted by molar-refractivity contribution is 0.171. The fourth-order valence-electron chi connectivity index (χ4n) is 1.42. The third kappa shape index (κ3) is 1.62. The normalized spacial score (nSPS) is 15.3. The summed E-state index contributed by atoms with van der Waals surface area (Å²) in [5, 5.41) is 0. The van der Waals surface area contributed by atoms with Gasteiger partial charge in [0.2, 0.25) is 0 Å². The summed E-state index contributed by atoms with van der Waals surface area (Å²) in [5.74, 6) is 2.30. The number of fused-ring (bicyclic) bond motifs is 1. The standard InChI is InChI=1S/C11H14O2.H2/c1-8(2)9-3-4-10-11(7-9)13-6-5-12-10;/h3-4,7-8H,5-6H2,1-2H3;1H/i;1+1D. The molecule has 0 saturated carbocycles. The minimum Gasteiger partial charge on any atom is -0.486 e. The van der Waals surface area contributed by atoms with Crippen molar-refractivity contribution in [1.29, 1.82) is 0 Å². The Morgan fingerprint density at radius 2 is 1.92 bits per heavy atom. The van der Waals surface area contributed by atoms with Crippen LogP contribution in [0.1, 0.15) is 28.3 Å². The Morgan fingerprint density at radius 3 is 2.62 bits per heavy atom.